The van der Waals surface area contributed by atoms with Crippen molar-refractivity contribution in [1.82, 2.24) is 24.9 Å². The predicted molar refractivity (Wildman–Crippen MR) is 203 cm³/mol. The van der Waals surface area contributed by atoms with Gasteiger partial charge in [-0.3, -0.25) is 24.5 Å². The van der Waals surface area contributed by atoms with Crippen LogP contribution in [0, 0.1) is 12.3 Å². The summed E-state index contributed by atoms with van der Waals surface area (Å²) in [5.41, 5.74) is 4.87. The first-order valence-corrected chi connectivity index (χ1v) is 19.2. The fourth-order valence-corrected chi connectivity index (χ4v) is 8.88. The number of nitrogens with zero attached hydrogens (tertiary/aromatic N) is 5. The van der Waals surface area contributed by atoms with E-state index in [-0.39, 0.29) is 34.7 Å². The zero-order valence-electron chi connectivity index (χ0n) is 30.2. The van der Waals surface area contributed by atoms with Gasteiger partial charge in [0.15, 0.2) is 6.10 Å². The molecule has 3 aromatic rings. The van der Waals surface area contributed by atoms with Gasteiger partial charge in [0.05, 0.1) is 11.9 Å². The van der Waals surface area contributed by atoms with Crippen molar-refractivity contribution in [3.63, 3.8) is 0 Å². The number of likely N-dealkylation sites (N-methyl/N-ethyl adjacent to an activating group) is 1. The van der Waals surface area contributed by atoms with Crippen molar-refractivity contribution in [2.75, 3.05) is 56.5 Å². The third-order valence-electron chi connectivity index (χ3n) is 11.6. The van der Waals surface area contributed by atoms with Gasteiger partial charge in [0.2, 0.25) is 5.91 Å². The van der Waals surface area contributed by atoms with Crippen molar-refractivity contribution in [2.45, 2.75) is 69.9 Å². The molecular weight excluding hydrogens is 726 g/mol. The Hall–Kier alpha value is -4.23. The Morgan fingerprint density at radius 1 is 0.981 bits per heavy atom. The summed E-state index contributed by atoms with van der Waals surface area (Å²) in [7, 11) is 3.75. The lowest BCUT2D eigenvalue weighted by Gasteiger charge is -2.47. The van der Waals surface area contributed by atoms with Crippen LogP contribution >= 0.6 is 15.9 Å². The fourth-order valence-electron chi connectivity index (χ4n) is 8.40. The molecule has 7 rings (SSSR count). The van der Waals surface area contributed by atoms with Gasteiger partial charge >= 0.3 is 0 Å². The molecule has 2 aromatic carbocycles. The summed E-state index contributed by atoms with van der Waals surface area (Å²) >= 11 is 3.43. The Kier molecular flexibility index (Phi) is 10.4. The number of imide groups is 1. The second-order valence-electron chi connectivity index (χ2n) is 15.2. The quantitative estimate of drug-likeness (QED) is 0.335. The molecule has 13 heteroatoms. The van der Waals surface area contributed by atoms with Gasteiger partial charge in [-0.1, -0.05) is 12.1 Å². The number of hydrogen-bond donors (Lipinski definition) is 2. The number of carbonyl (C=O) groups is 3. The topological polar surface area (TPSA) is 129 Å². The molecule has 1 unspecified atom stereocenters. The molecule has 4 fully saturated rings. The predicted octanol–water partition coefficient (Wildman–Crippen LogP) is 4.46. The van der Waals surface area contributed by atoms with Crippen LogP contribution in [0.4, 0.5) is 11.4 Å². The van der Waals surface area contributed by atoms with Gasteiger partial charge in [-0.2, -0.15) is 5.10 Å². The standard InChI is InChI=1S/C39H48BrN7O5/c1-25-20-30(8-9-32(25)52-33-10-11-34(48)43-36(33)49)46-16-12-39(13-17-46)14-18-47(19-15-39)37(50)27-6-4-26(5-7-27)28-21-29(24-44(2)23-28)42-31-22-41-45(3)38(51)35(31)40/h4-9,20,22,28-29,33,42H,10-19,21,23-24H2,1-3H3,(H,43,48,49)/t28-,29+,33?/m0/s1. The molecule has 0 bridgehead atoms. The minimum absolute atomic E-state index is 0.109. The number of hydrogen-bond acceptors (Lipinski definition) is 9. The van der Waals surface area contributed by atoms with Crippen molar-refractivity contribution < 1.29 is 19.1 Å². The van der Waals surface area contributed by atoms with Crippen LogP contribution < -0.4 is 25.8 Å². The van der Waals surface area contributed by atoms with Crippen molar-refractivity contribution >= 4 is 45.0 Å². The minimum Gasteiger partial charge on any atom is -0.480 e. The molecule has 0 radical (unpaired) electrons. The molecule has 3 atom stereocenters. The second-order valence-corrected chi connectivity index (χ2v) is 16.0. The summed E-state index contributed by atoms with van der Waals surface area (Å²) in [6.45, 7) is 7.27. The summed E-state index contributed by atoms with van der Waals surface area (Å²) in [6.07, 6.45) is 6.87. The summed E-state index contributed by atoms with van der Waals surface area (Å²) in [4.78, 5) is 56.4. The van der Waals surface area contributed by atoms with Crippen molar-refractivity contribution in [3.8, 4) is 5.75 Å². The summed E-state index contributed by atoms with van der Waals surface area (Å²) in [5.74, 6) is 0.461. The van der Waals surface area contributed by atoms with Crippen LogP contribution in [0.15, 0.2) is 57.9 Å². The van der Waals surface area contributed by atoms with Gasteiger partial charge in [-0.15, -0.1) is 0 Å². The second kappa shape index (κ2) is 15.0. The minimum atomic E-state index is -0.642. The molecule has 3 amide bonds. The Bertz CT molecular complexity index is 1880. The zero-order valence-corrected chi connectivity index (χ0v) is 31.8. The van der Waals surface area contributed by atoms with Crippen LogP contribution in [-0.2, 0) is 16.6 Å². The van der Waals surface area contributed by atoms with E-state index in [2.05, 4.69) is 72.8 Å². The Labute approximate surface area is 313 Å². The highest BCUT2D eigenvalue weighted by molar-refractivity contribution is 9.10. The average molecular weight is 775 g/mol. The first-order chi connectivity index (χ1) is 25.0. The lowest BCUT2D eigenvalue weighted by molar-refractivity contribution is -0.138. The van der Waals surface area contributed by atoms with Crippen LogP contribution in [0.2, 0.25) is 0 Å². The first kappa shape index (κ1) is 36.1. The lowest BCUT2D eigenvalue weighted by atomic mass is 9.71. The molecule has 1 spiro atoms. The molecule has 5 heterocycles. The highest BCUT2D eigenvalue weighted by atomic mass is 79.9. The number of likely N-dealkylation sites (tertiary alicyclic amines) is 2. The number of amides is 3. The maximum Gasteiger partial charge on any atom is 0.282 e. The SMILES string of the molecule is Cc1cc(N2CCC3(CCN(C(=O)c4ccc([C@H]5C[C@@H](Nc6cnn(C)c(=O)c6Br)CN(C)C5)cc4)CC3)CC2)ccc1OC1CCC(=O)NC1=O. The number of aromatic nitrogens is 2. The number of aryl methyl sites for hydroxylation is 2. The van der Waals surface area contributed by atoms with Crippen molar-refractivity contribution in [1.29, 1.82) is 0 Å². The van der Waals surface area contributed by atoms with Crippen LogP contribution in [0.5, 0.6) is 5.75 Å². The number of halogens is 1. The van der Waals surface area contributed by atoms with Crippen molar-refractivity contribution in [2.24, 2.45) is 12.5 Å². The molecule has 0 aliphatic carbocycles. The molecule has 276 valence electrons. The normalized spacial score (nSPS) is 23.7. The Balaban J connectivity index is 0.897. The van der Waals surface area contributed by atoms with Crippen molar-refractivity contribution in [3.05, 3.63) is 80.2 Å². The van der Waals surface area contributed by atoms with E-state index in [1.165, 1.54) is 10.2 Å². The molecule has 52 heavy (non-hydrogen) atoms. The molecule has 12 nitrogen and oxygen atoms in total. The molecular formula is C39H48BrN7O5. The highest BCUT2D eigenvalue weighted by Gasteiger charge is 2.39. The highest BCUT2D eigenvalue weighted by Crippen LogP contribution is 2.43. The zero-order chi connectivity index (χ0) is 36.6. The van der Waals surface area contributed by atoms with E-state index in [9.17, 15) is 19.2 Å². The van der Waals surface area contributed by atoms with Gasteiger partial charge < -0.3 is 24.8 Å². The van der Waals surface area contributed by atoms with E-state index in [0.717, 1.165) is 88.2 Å². The molecule has 4 saturated heterocycles. The summed E-state index contributed by atoms with van der Waals surface area (Å²) < 4.78 is 7.78. The molecule has 4 aliphatic heterocycles. The number of nitrogens with one attached hydrogen (secondary N) is 2. The van der Waals surface area contributed by atoms with E-state index in [4.69, 9.17) is 4.74 Å². The number of anilines is 2. The van der Waals surface area contributed by atoms with Crippen LogP contribution in [-0.4, -0.2) is 95.8 Å². The summed E-state index contributed by atoms with van der Waals surface area (Å²) in [6, 6.07) is 14.5. The molecule has 4 aliphatic rings. The smallest absolute Gasteiger partial charge is 0.282 e. The molecule has 0 saturated carbocycles. The summed E-state index contributed by atoms with van der Waals surface area (Å²) in [5, 5.41) is 10.0. The van der Waals surface area contributed by atoms with Crippen LogP contribution in [0.1, 0.15) is 72.3 Å². The maximum absolute atomic E-state index is 13.6. The molecule has 2 N–H and O–H groups in total. The monoisotopic (exact) mass is 773 g/mol. The Morgan fingerprint density at radius 3 is 2.38 bits per heavy atom. The van der Waals surface area contributed by atoms with E-state index in [0.29, 0.717) is 34.7 Å². The molecule has 1 aromatic heterocycles. The van der Waals surface area contributed by atoms with Gasteiger partial charge in [-0.25, -0.2) is 4.68 Å². The largest absolute Gasteiger partial charge is 0.480 e. The maximum atomic E-state index is 13.6. The van der Waals surface area contributed by atoms with Crippen LogP contribution in [0.3, 0.4) is 0 Å². The van der Waals surface area contributed by atoms with E-state index in [1.54, 1.807) is 13.2 Å². The van der Waals surface area contributed by atoms with E-state index in [1.807, 2.05) is 30.0 Å². The Morgan fingerprint density at radius 2 is 1.69 bits per heavy atom. The first-order valence-electron chi connectivity index (χ1n) is 18.4. The average Bonchev–Trinajstić information content (AvgIpc) is 3.14. The van der Waals surface area contributed by atoms with Gasteiger partial charge in [0.25, 0.3) is 17.4 Å². The number of rotatable bonds is 7. The van der Waals surface area contributed by atoms with E-state index >= 15 is 0 Å². The van der Waals surface area contributed by atoms with Gasteiger partial charge in [-0.05, 0) is 115 Å². The van der Waals surface area contributed by atoms with E-state index < -0.39 is 6.10 Å². The van der Waals surface area contributed by atoms with Gasteiger partial charge in [0, 0.05) is 76.5 Å². The number of ether oxygens (including phenoxy) is 1. The third kappa shape index (κ3) is 7.75. The third-order valence-corrected chi connectivity index (χ3v) is 12.4. The fraction of sp³-hybridized carbons (Fsp3) is 0.513. The van der Waals surface area contributed by atoms with Gasteiger partial charge in [0.1, 0.15) is 10.2 Å². The van der Waals surface area contributed by atoms with Crippen LogP contribution in [0.25, 0.3) is 0 Å². The lowest BCUT2D eigenvalue weighted by Crippen LogP contribution is -2.48. The number of benzene rings is 2. The number of carbonyl (C=O) groups excluding carboxylic acids is 3. The number of piperidine rings is 4.